The Kier molecular flexibility index (Phi) is 4.89. The van der Waals surface area contributed by atoms with Crippen molar-refractivity contribution in [3.05, 3.63) is 76.5 Å². The van der Waals surface area contributed by atoms with Gasteiger partial charge in [0.1, 0.15) is 12.4 Å². The van der Waals surface area contributed by atoms with Gasteiger partial charge in [0.15, 0.2) is 0 Å². The Labute approximate surface area is 158 Å². The lowest BCUT2D eigenvalue weighted by Crippen LogP contribution is -2.21. The second kappa shape index (κ2) is 7.46. The van der Waals surface area contributed by atoms with E-state index in [9.17, 15) is 0 Å². The van der Waals surface area contributed by atoms with Crippen LogP contribution in [0.15, 0.2) is 70.4 Å². The molecule has 3 aromatic rings. The molecule has 4 rings (SSSR count). The maximum atomic E-state index is 6.18. The van der Waals surface area contributed by atoms with Gasteiger partial charge in [-0.05, 0) is 34.2 Å². The van der Waals surface area contributed by atoms with Gasteiger partial charge < -0.3 is 4.74 Å². The highest BCUT2D eigenvalue weighted by Crippen LogP contribution is 2.26. The highest BCUT2D eigenvalue weighted by atomic mass is 32.1. The van der Waals surface area contributed by atoms with Crippen LogP contribution in [0.4, 0.5) is 0 Å². The van der Waals surface area contributed by atoms with Crippen LogP contribution in [0.1, 0.15) is 31.4 Å². The molecule has 2 heterocycles. The number of hydrogen-bond donors (Lipinski definition) is 0. The Hall–Kier alpha value is -2.39. The standard InChI is InChI=1S/C23H23NOS/c1-3-16(2)22-14-25-23(20-10-11-26-15-20)13-21(24-22)19-9-8-17-6-4-5-7-18(17)12-19/h4-13,15-16,22H,3,14H2,1-2H3/t16?,22-/m1/s1. The second-order valence-electron chi connectivity index (χ2n) is 6.86. The molecule has 2 aromatic carbocycles. The van der Waals surface area contributed by atoms with Gasteiger partial charge in [-0.3, -0.25) is 4.99 Å². The molecular formula is C23H23NOS. The van der Waals surface area contributed by atoms with Crippen LogP contribution >= 0.6 is 11.3 Å². The summed E-state index contributed by atoms with van der Waals surface area (Å²) in [5, 5.41) is 6.71. The zero-order valence-electron chi connectivity index (χ0n) is 15.2. The van der Waals surface area contributed by atoms with E-state index in [2.05, 4.69) is 79.2 Å². The monoisotopic (exact) mass is 361 g/mol. The van der Waals surface area contributed by atoms with Crippen molar-refractivity contribution < 1.29 is 4.74 Å². The summed E-state index contributed by atoms with van der Waals surface area (Å²) in [6, 6.07) is 17.3. The van der Waals surface area contributed by atoms with Crippen molar-refractivity contribution in [1.82, 2.24) is 0 Å². The average Bonchev–Trinajstić information content (AvgIpc) is 3.13. The fourth-order valence-electron chi connectivity index (χ4n) is 3.24. The summed E-state index contributed by atoms with van der Waals surface area (Å²) in [5.41, 5.74) is 3.29. The Morgan fingerprint density at radius 2 is 1.96 bits per heavy atom. The first-order valence-corrected chi connectivity index (χ1v) is 10.1. The summed E-state index contributed by atoms with van der Waals surface area (Å²) < 4.78 is 6.18. The zero-order valence-corrected chi connectivity index (χ0v) is 16.0. The SMILES string of the molecule is CCC(C)[C@H]1COC(c2ccsc2)=CC(c2ccc3ccccc3c2)=N1. The van der Waals surface area contributed by atoms with E-state index < -0.39 is 0 Å². The smallest absolute Gasteiger partial charge is 0.129 e. The quantitative estimate of drug-likeness (QED) is 0.544. The molecule has 1 aromatic heterocycles. The minimum Gasteiger partial charge on any atom is -0.491 e. The highest BCUT2D eigenvalue weighted by Gasteiger charge is 2.21. The molecule has 0 fully saturated rings. The van der Waals surface area contributed by atoms with Gasteiger partial charge in [-0.1, -0.05) is 56.7 Å². The number of rotatable bonds is 4. The molecule has 0 saturated carbocycles. The third-order valence-electron chi connectivity index (χ3n) is 5.13. The normalized spacial score (nSPS) is 18.6. The van der Waals surface area contributed by atoms with Crippen LogP contribution in [0.3, 0.4) is 0 Å². The highest BCUT2D eigenvalue weighted by molar-refractivity contribution is 7.08. The molecular weight excluding hydrogens is 338 g/mol. The molecule has 0 radical (unpaired) electrons. The fraction of sp³-hybridized carbons (Fsp3) is 0.261. The van der Waals surface area contributed by atoms with Crippen molar-refractivity contribution in [2.45, 2.75) is 26.3 Å². The minimum absolute atomic E-state index is 0.175. The zero-order chi connectivity index (χ0) is 17.9. The van der Waals surface area contributed by atoms with E-state index in [1.54, 1.807) is 11.3 Å². The third kappa shape index (κ3) is 3.45. The van der Waals surface area contributed by atoms with Crippen LogP contribution in [0.5, 0.6) is 0 Å². The molecule has 3 heteroatoms. The molecule has 2 nitrogen and oxygen atoms in total. The van der Waals surface area contributed by atoms with Crippen molar-refractivity contribution in [2.24, 2.45) is 10.9 Å². The number of thiophene rings is 1. The van der Waals surface area contributed by atoms with Crippen molar-refractivity contribution >= 4 is 33.6 Å². The van der Waals surface area contributed by atoms with Crippen LogP contribution < -0.4 is 0 Å². The molecule has 132 valence electrons. The van der Waals surface area contributed by atoms with Gasteiger partial charge in [0.25, 0.3) is 0 Å². The third-order valence-corrected chi connectivity index (χ3v) is 5.82. The van der Waals surface area contributed by atoms with Gasteiger partial charge in [-0.15, -0.1) is 0 Å². The largest absolute Gasteiger partial charge is 0.491 e. The molecule has 1 unspecified atom stereocenters. The predicted molar refractivity (Wildman–Crippen MR) is 112 cm³/mol. The molecule has 1 aliphatic rings. The summed E-state index contributed by atoms with van der Waals surface area (Å²) in [6.45, 7) is 5.10. The van der Waals surface area contributed by atoms with E-state index in [4.69, 9.17) is 9.73 Å². The first kappa shape index (κ1) is 17.0. The molecule has 2 atom stereocenters. The van der Waals surface area contributed by atoms with Gasteiger partial charge in [0.2, 0.25) is 0 Å². The number of aliphatic imine (C=N–C) groups is 1. The molecule has 0 N–H and O–H groups in total. The van der Waals surface area contributed by atoms with Crippen LogP contribution in [0.25, 0.3) is 16.5 Å². The Balaban J connectivity index is 1.80. The van der Waals surface area contributed by atoms with Crippen molar-refractivity contribution in [3.8, 4) is 0 Å². The fourth-order valence-corrected chi connectivity index (χ4v) is 3.88. The van der Waals surface area contributed by atoms with E-state index >= 15 is 0 Å². The van der Waals surface area contributed by atoms with E-state index in [1.165, 1.54) is 10.8 Å². The van der Waals surface area contributed by atoms with Crippen LogP contribution in [-0.2, 0) is 4.74 Å². The average molecular weight is 362 g/mol. The van der Waals surface area contributed by atoms with Crippen LogP contribution in [-0.4, -0.2) is 18.4 Å². The first-order valence-electron chi connectivity index (χ1n) is 9.18. The number of ether oxygens (including phenoxy) is 1. The molecule has 1 aliphatic heterocycles. The number of hydrogen-bond acceptors (Lipinski definition) is 3. The number of fused-ring (bicyclic) bond motifs is 1. The molecule has 0 aliphatic carbocycles. The number of benzene rings is 2. The maximum Gasteiger partial charge on any atom is 0.129 e. The van der Waals surface area contributed by atoms with Crippen molar-refractivity contribution in [3.63, 3.8) is 0 Å². The van der Waals surface area contributed by atoms with Crippen molar-refractivity contribution in [2.75, 3.05) is 6.61 Å². The van der Waals surface area contributed by atoms with Gasteiger partial charge in [0, 0.05) is 22.6 Å². The maximum absolute atomic E-state index is 6.18. The van der Waals surface area contributed by atoms with Gasteiger partial charge in [-0.2, -0.15) is 11.3 Å². The summed E-state index contributed by atoms with van der Waals surface area (Å²) in [7, 11) is 0. The summed E-state index contributed by atoms with van der Waals surface area (Å²) in [5.74, 6) is 1.41. The van der Waals surface area contributed by atoms with Crippen molar-refractivity contribution in [1.29, 1.82) is 0 Å². The summed E-state index contributed by atoms with van der Waals surface area (Å²) in [4.78, 5) is 5.10. The molecule has 0 amide bonds. The van der Waals surface area contributed by atoms with E-state index in [0.717, 1.165) is 29.0 Å². The molecule has 0 spiro atoms. The Morgan fingerprint density at radius 1 is 1.12 bits per heavy atom. The summed E-state index contributed by atoms with van der Waals surface area (Å²) in [6.07, 6.45) is 3.20. The summed E-state index contributed by atoms with van der Waals surface area (Å²) >= 11 is 1.69. The van der Waals surface area contributed by atoms with Crippen LogP contribution in [0.2, 0.25) is 0 Å². The van der Waals surface area contributed by atoms with E-state index in [-0.39, 0.29) is 6.04 Å². The lowest BCUT2D eigenvalue weighted by Gasteiger charge is -2.18. The number of allylic oxidation sites excluding steroid dienone is 1. The number of nitrogens with zero attached hydrogens (tertiary/aromatic N) is 1. The van der Waals surface area contributed by atoms with Gasteiger partial charge in [0.05, 0.1) is 11.8 Å². The van der Waals surface area contributed by atoms with Gasteiger partial charge >= 0.3 is 0 Å². The Morgan fingerprint density at radius 3 is 2.73 bits per heavy atom. The van der Waals surface area contributed by atoms with Crippen LogP contribution in [0, 0.1) is 5.92 Å². The van der Waals surface area contributed by atoms with E-state index in [0.29, 0.717) is 12.5 Å². The first-order chi connectivity index (χ1) is 12.7. The molecule has 0 saturated heterocycles. The van der Waals surface area contributed by atoms with Gasteiger partial charge in [-0.25, -0.2) is 0 Å². The lowest BCUT2D eigenvalue weighted by atomic mass is 9.99. The van der Waals surface area contributed by atoms with E-state index in [1.807, 2.05) is 0 Å². The predicted octanol–water partition coefficient (Wildman–Crippen LogP) is 6.18. The topological polar surface area (TPSA) is 21.6 Å². The molecule has 26 heavy (non-hydrogen) atoms. The Bertz CT molecular complexity index is 955. The molecule has 0 bridgehead atoms. The second-order valence-corrected chi connectivity index (χ2v) is 7.64. The lowest BCUT2D eigenvalue weighted by molar-refractivity contribution is 0.224. The minimum atomic E-state index is 0.175.